The molecule has 0 aliphatic carbocycles. The Morgan fingerprint density at radius 1 is 0.418 bits per heavy atom. The number of amides is 5. The summed E-state index contributed by atoms with van der Waals surface area (Å²) in [6.45, 7) is 26.0. The maximum absolute atomic E-state index is 13.8. The Hall–Kier alpha value is -9.78. The number of urea groups is 2. The monoisotopic (exact) mass is 2560 g/mol. The van der Waals surface area contributed by atoms with Crippen LogP contribution in [0.15, 0.2) is 356 Å². The molecule has 2 aliphatic rings. The highest BCUT2D eigenvalue weighted by Gasteiger charge is 2.59. The number of halogens is 10. The molecule has 0 aromatic heterocycles. The van der Waals surface area contributed by atoms with Crippen molar-refractivity contribution in [2.75, 3.05) is 39.5 Å². The number of aliphatic imine (C=N–C) groups is 1. The van der Waals surface area contributed by atoms with Gasteiger partial charge in [-0.25, -0.2) is 19.4 Å². The number of nitrogens with zero attached hydrogens (tertiary/aromatic N) is 6. The van der Waals surface area contributed by atoms with Crippen molar-refractivity contribution >= 4 is 236 Å². The van der Waals surface area contributed by atoms with Gasteiger partial charge in [0.05, 0.1) is 29.7 Å². The van der Waals surface area contributed by atoms with Gasteiger partial charge in [0.1, 0.15) is 0 Å². The van der Waals surface area contributed by atoms with E-state index in [1.807, 2.05) is 355 Å². The Morgan fingerprint density at radius 3 is 1.05 bits per heavy atom. The summed E-state index contributed by atoms with van der Waals surface area (Å²) in [7, 11) is 3.09. The molecule has 5 unspecified atom stereocenters. The first-order chi connectivity index (χ1) is 69.6. The average Bonchev–Trinajstić information content (AvgIpc) is 1.56. The quantitative estimate of drug-likeness (QED) is 0.00921. The molecule has 4 N–H and O–H groups in total. The topological polar surface area (TPSA) is 241 Å². The summed E-state index contributed by atoms with van der Waals surface area (Å²) in [6.07, 6.45) is 9.48. The third-order valence-electron chi connectivity index (χ3n) is 22.8. The Balaban J connectivity index is 0.000000260. The van der Waals surface area contributed by atoms with Gasteiger partial charge in [-0.2, -0.15) is 4.99 Å². The number of Topliss-reactive ketones (excluding diaryl/α,β-unsaturated/α-hetero) is 3. The van der Waals surface area contributed by atoms with Crippen LogP contribution in [0.3, 0.4) is 0 Å². The van der Waals surface area contributed by atoms with E-state index in [0.29, 0.717) is 60.3 Å². The molecule has 770 valence electrons. The van der Waals surface area contributed by atoms with E-state index in [9.17, 15) is 48.6 Å². The lowest BCUT2D eigenvalue weighted by Crippen LogP contribution is -2.49. The standard InChI is InChI=1S/2C24H22Br2N2O2.C18H19BrO.C11H13BrO.C11H14O.C7H4BrNO.C7H7Br.C6H6BrN.C6H13NO2.C4H7ClO/c2*1-3-22-24(30,17-6-4-5-16(2)15-17)28(21-13-9-19(26)10-14-21)23(29)27(22)20-11-7-18(25)8-12-20;1-3-15(12-14-7-9-17(19)10-8-14)18(20)16-6-4-5-13(2)11-16;1-3-10(12)11(13)9-6-4-5-8(2)7-9;1-3-5-11(12)10-7-4-6-9(2)8-10;8-6-1-3-7(4-2-6)9-5-10;1-6-3-2-4-7(8)5-6;7-5-1-3-6(8)4-2-5;1-4-5-6(8)7(2)9-3;1-2-3-4(5)6/h2*4-15,22,30H,3H2,1-2H3;4-11,15H,3,12H2,1-2H3;4-7,10H,3H2,1-2H3;4,6-8H,3,5H2,1-2H3;1-4H;2-5H,1H3;1-4H,8H2;4-5H2,1-3H3;2-3H2,1H3/t22-,24?;;;;;;;;;/m0........./s1. The highest BCUT2D eigenvalue weighted by molar-refractivity contribution is 9.11. The second kappa shape index (κ2) is 64.6. The zero-order chi connectivity index (χ0) is 108. The van der Waals surface area contributed by atoms with Crippen LogP contribution >= 0.6 is 155 Å². The number of carbonyl (C=O) groups excluding carboxylic acids is 8. The van der Waals surface area contributed by atoms with Crippen molar-refractivity contribution in [3.8, 4) is 0 Å². The Labute approximate surface area is 942 Å². The average molecular weight is 2570 g/mol. The van der Waals surface area contributed by atoms with E-state index in [1.165, 1.54) is 39.2 Å². The van der Waals surface area contributed by atoms with Gasteiger partial charge < -0.3 is 15.9 Å². The summed E-state index contributed by atoms with van der Waals surface area (Å²) >= 11 is 35.5. The van der Waals surface area contributed by atoms with E-state index in [0.717, 1.165) is 136 Å². The van der Waals surface area contributed by atoms with Gasteiger partial charge in [-0.15, -0.1) is 0 Å². The van der Waals surface area contributed by atoms with Crippen LogP contribution in [0, 0.1) is 47.5 Å². The van der Waals surface area contributed by atoms with E-state index in [2.05, 4.69) is 191 Å². The number of ketones is 3. The minimum atomic E-state index is -1.52. The van der Waals surface area contributed by atoms with Crippen molar-refractivity contribution in [3.63, 3.8) is 0 Å². The van der Waals surface area contributed by atoms with Gasteiger partial charge in [0.25, 0.3) is 0 Å². The van der Waals surface area contributed by atoms with Crippen molar-refractivity contribution in [2.24, 2.45) is 10.9 Å². The Morgan fingerprint density at radius 2 is 0.747 bits per heavy atom. The number of isocyanates is 1. The molecule has 28 heteroatoms. The van der Waals surface area contributed by atoms with Gasteiger partial charge in [0.2, 0.25) is 17.2 Å². The fourth-order valence-corrected chi connectivity index (χ4v) is 18.2. The number of aliphatic hydroxyl groups is 2. The van der Waals surface area contributed by atoms with Gasteiger partial charge in [0.15, 0.2) is 28.8 Å². The zero-order valence-electron chi connectivity index (χ0n) is 84.7. The first kappa shape index (κ1) is 125. The van der Waals surface area contributed by atoms with Crippen molar-refractivity contribution < 1.29 is 53.4 Å². The van der Waals surface area contributed by atoms with Crippen LogP contribution in [0.1, 0.15) is 194 Å². The van der Waals surface area contributed by atoms with Crippen molar-refractivity contribution in [1.29, 1.82) is 0 Å². The molecule has 6 atom stereocenters. The highest BCUT2D eigenvalue weighted by atomic mass is 79.9. The summed E-state index contributed by atoms with van der Waals surface area (Å²) in [5.74, 6) is 0.754. The zero-order valence-corrected chi connectivity index (χ0v) is 99.7. The molecule has 15 rings (SSSR count). The molecule has 13 aromatic rings. The van der Waals surface area contributed by atoms with E-state index < -0.39 is 23.5 Å². The van der Waals surface area contributed by atoms with Crippen LogP contribution in [0.4, 0.5) is 43.7 Å². The molecule has 5 amide bonds. The number of nitrogens with two attached hydrogens (primary N) is 1. The van der Waals surface area contributed by atoms with E-state index in [4.69, 9.17) is 17.3 Å². The largest absolute Gasteiger partial charge is 0.399 e. The van der Waals surface area contributed by atoms with Crippen LogP contribution in [-0.4, -0.2) is 93.0 Å². The lowest BCUT2D eigenvalue weighted by atomic mass is 9.89. The predicted octanol–water partition coefficient (Wildman–Crippen LogP) is 34.3. The fraction of sp³-hybridized carbons (Fsp3) is 0.271. The van der Waals surface area contributed by atoms with Crippen LogP contribution in [0.5, 0.6) is 0 Å². The number of nitrogen functional groups attached to an aromatic ring is 1. The summed E-state index contributed by atoms with van der Waals surface area (Å²) in [6, 6.07) is 98.5. The van der Waals surface area contributed by atoms with Gasteiger partial charge >= 0.3 is 12.1 Å². The van der Waals surface area contributed by atoms with E-state index >= 15 is 0 Å². The van der Waals surface area contributed by atoms with Crippen molar-refractivity contribution in [2.45, 2.75) is 189 Å². The first-order valence-corrected chi connectivity index (χ1v) is 55.4. The maximum atomic E-state index is 13.8. The number of carbonyl (C=O) groups is 7. The second-order valence-corrected chi connectivity index (χ2v) is 43.1. The molecule has 2 aliphatic heterocycles. The molecule has 2 heterocycles. The number of hydroxylamine groups is 2. The number of anilines is 5. The molecule has 0 spiro atoms. The molecule has 2 saturated heterocycles. The van der Waals surface area contributed by atoms with Gasteiger partial charge in [-0.1, -0.05) is 353 Å². The minimum absolute atomic E-state index is 0.0278. The van der Waals surface area contributed by atoms with Crippen molar-refractivity contribution in [1.82, 2.24) is 5.06 Å². The van der Waals surface area contributed by atoms with Crippen LogP contribution in [0.2, 0.25) is 0 Å². The molecule has 0 radical (unpaired) electrons. The normalized spacial score (nSPS) is 14.9. The Bertz CT molecular complexity index is 6160. The third-order valence-corrected chi connectivity index (χ3v) is 28.2. The first-order valence-electron chi connectivity index (χ1n) is 47.7. The molecule has 0 saturated carbocycles. The molecule has 0 bridgehead atoms. The van der Waals surface area contributed by atoms with Gasteiger partial charge in [-0.05, 0) is 298 Å². The molecule has 2 fully saturated rings. The van der Waals surface area contributed by atoms with Crippen molar-refractivity contribution in [3.05, 3.63) is 418 Å². The van der Waals surface area contributed by atoms with Crippen LogP contribution < -0.4 is 25.3 Å². The van der Waals surface area contributed by atoms with Gasteiger partial charge in [0, 0.05) is 124 Å². The lowest BCUT2D eigenvalue weighted by molar-refractivity contribution is -0.168. The number of benzene rings is 13. The smallest absolute Gasteiger partial charge is 0.332 e. The van der Waals surface area contributed by atoms with E-state index in [1.54, 1.807) is 29.0 Å². The highest BCUT2D eigenvalue weighted by Crippen LogP contribution is 2.49. The summed E-state index contributed by atoms with van der Waals surface area (Å²) in [5, 5.41) is 25.5. The van der Waals surface area contributed by atoms with Gasteiger partial charge in [-0.3, -0.25) is 48.4 Å². The van der Waals surface area contributed by atoms with Crippen LogP contribution in [0.25, 0.3) is 0 Å². The summed E-state index contributed by atoms with van der Waals surface area (Å²) < 4.78 is 7.94. The van der Waals surface area contributed by atoms with Crippen LogP contribution in [-0.2, 0) is 37.1 Å². The predicted molar refractivity (Wildman–Crippen MR) is 631 cm³/mol. The number of hydrogen-bond acceptors (Lipinski definition) is 13. The summed E-state index contributed by atoms with van der Waals surface area (Å²) in [5.41, 5.74) is 18.4. The molecule has 146 heavy (non-hydrogen) atoms. The third kappa shape index (κ3) is 39.3. The number of rotatable bonds is 25. The van der Waals surface area contributed by atoms with E-state index in [-0.39, 0.29) is 51.3 Å². The second-order valence-electron chi connectivity index (χ2n) is 34.2. The fourth-order valence-electron chi connectivity index (χ4n) is 15.4. The molecular formula is C118H127Br9ClN7O11. The number of hydrogen-bond donors (Lipinski definition) is 3. The SMILES string of the molecule is CCC(Br)C(=O)c1cccc(C)c1.CCC(Cc1ccc(Br)cc1)C(=O)c1cccc(C)c1.CCC1N(c2ccc(Br)cc2)C(=O)N(c2ccc(Br)cc2)C1(O)c1cccc(C)c1.CCCC(=O)Cl.CCCC(=O)N(C)OC.CCCC(=O)c1cccc(C)c1.CC[C@@H]1N(c2ccc(Br)cc2)C(=O)N(c2ccc(Br)cc2)C1(O)c1cccc(C)c1.Cc1cccc(Br)c1.Nc1ccc(Br)cc1.O=C=Nc1ccc(Br)cc1. The molecule has 18 nitrogen and oxygen atoms in total. The number of aryl methyl sites for hydroxylation is 6. The Kier molecular flexibility index (Phi) is 55.2. The maximum Gasteiger partial charge on any atom is 0.332 e. The lowest BCUT2D eigenvalue weighted by Gasteiger charge is -2.37. The molecule has 13 aromatic carbocycles. The summed E-state index contributed by atoms with van der Waals surface area (Å²) in [4.78, 5) is 108. The minimum Gasteiger partial charge on any atom is -0.399 e. The number of alkyl halides is 1. The molecular weight excluding hydrogens is 2450 g/mol.